The number of pyridine rings is 1. The summed E-state index contributed by atoms with van der Waals surface area (Å²) in [6.07, 6.45) is 1.27. The number of carboxylic acid groups (broad SMARTS) is 1. The van der Waals surface area contributed by atoms with Crippen LogP contribution < -0.4 is 15.1 Å². The molecular weight excluding hydrogens is 544 g/mol. The van der Waals surface area contributed by atoms with Gasteiger partial charge in [-0.3, -0.25) is 18.8 Å². The summed E-state index contributed by atoms with van der Waals surface area (Å²) >= 11 is 6.52. The molecule has 0 amide bonds. The zero-order valence-corrected chi connectivity index (χ0v) is 21.4. The second-order valence-electron chi connectivity index (χ2n) is 8.80. The second kappa shape index (κ2) is 9.09. The summed E-state index contributed by atoms with van der Waals surface area (Å²) in [6.45, 7) is 1.47. The maximum Gasteiger partial charge on any atom is 0.370 e. The molecule has 17 heteroatoms. The average molecular weight is 568 g/mol. The molecule has 0 radical (unpaired) electrons. The Morgan fingerprint density at radius 1 is 1.17 bits per heavy atom. The van der Waals surface area contributed by atoms with Crippen LogP contribution >= 0.6 is 26.8 Å². The van der Waals surface area contributed by atoms with Crippen molar-refractivity contribution in [3.05, 3.63) is 33.1 Å². The Balaban J connectivity index is 1.69. The third kappa shape index (κ3) is 4.36. The SMILES string of the molecule is CC1COc2c(N3CCN(CC(O)(P(=O)(O)O)P(=O)(O)O)CC3)c(Cl)cc3c(=O)c(C(=O)O)cn1c23. The number of aliphatic hydroxyl groups is 1. The number of halogens is 1. The minimum Gasteiger partial charge on any atom is -0.487 e. The first-order valence-electron chi connectivity index (χ1n) is 10.6. The third-order valence-corrected chi connectivity index (χ3v) is 10.4. The normalized spacial score (nSPS) is 19.4. The molecule has 14 nitrogen and oxygen atoms in total. The molecule has 2 aliphatic rings. The van der Waals surface area contributed by atoms with Crippen molar-refractivity contribution in [2.24, 2.45) is 0 Å². The first-order valence-corrected chi connectivity index (χ1v) is 14.3. The van der Waals surface area contributed by atoms with Crippen molar-refractivity contribution >= 4 is 49.4 Å². The largest absolute Gasteiger partial charge is 0.487 e. The van der Waals surface area contributed by atoms with Crippen molar-refractivity contribution < 1.29 is 48.4 Å². The maximum atomic E-state index is 12.8. The second-order valence-corrected chi connectivity index (χ2v) is 13.2. The van der Waals surface area contributed by atoms with Gasteiger partial charge in [-0.25, -0.2) is 4.79 Å². The molecule has 0 aliphatic carbocycles. The van der Waals surface area contributed by atoms with E-state index in [9.17, 15) is 48.5 Å². The van der Waals surface area contributed by atoms with E-state index in [-0.39, 0.29) is 55.0 Å². The predicted molar refractivity (Wildman–Crippen MR) is 128 cm³/mol. The third-order valence-electron chi connectivity index (χ3n) is 6.43. The van der Waals surface area contributed by atoms with Crippen LogP contribution in [-0.4, -0.2) is 89.6 Å². The van der Waals surface area contributed by atoms with Crippen LogP contribution in [0.5, 0.6) is 5.75 Å². The Kier molecular flexibility index (Phi) is 6.83. The summed E-state index contributed by atoms with van der Waals surface area (Å²) in [5.74, 6) is -1.09. The zero-order valence-electron chi connectivity index (χ0n) is 18.8. The van der Waals surface area contributed by atoms with E-state index in [1.54, 1.807) is 16.4 Å². The van der Waals surface area contributed by atoms with Crippen LogP contribution in [0.25, 0.3) is 10.9 Å². The first-order chi connectivity index (χ1) is 16.6. The number of anilines is 1. The number of piperazine rings is 1. The Bertz CT molecular complexity index is 1370. The van der Waals surface area contributed by atoms with Crippen LogP contribution in [0.15, 0.2) is 17.1 Å². The fraction of sp³-hybridized carbons (Fsp3) is 0.474. The Morgan fingerprint density at radius 2 is 1.75 bits per heavy atom. The number of β-amino-alcohol motifs (C(OH)–C–C–N with tert-alkyl or cyclic N) is 1. The van der Waals surface area contributed by atoms with Gasteiger partial charge in [0.25, 0.3) is 5.08 Å². The fourth-order valence-electron chi connectivity index (χ4n) is 4.44. The van der Waals surface area contributed by atoms with E-state index in [0.29, 0.717) is 11.2 Å². The van der Waals surface area contributed by atoms with E-state index in [1.165, 1.54) is 17.2 Å². The number of nitrogens with zero attached hydrogens (tertiary/aromatic N) is 3. The smallest absolute Gasteiger partial charge is 0.370 e. The van der Waals surface area contributed by atoms with Crippen LogP contribution in [0.2, 0.25) is 5.02 Å². The van der Waals surface area contributed by atoms with E-state index in [0.717, 1.165) is 0 Å². The lowest BCUT2D eigenvalue weighted by Gasteiger charge is -2.41. The Hall–Kier alpha value is -1.99. The highest BCUT2D eigenvalue weighted by Crippen LogP contribution is 2.67. The minimum absolute atomic E-state index is 0.0529. The number of hydrogen-bond donors (Lipinski definition) is 6. The number of ether oxygens (including phenoxy) is 1. The quantitative estimate of drug-likeness (QED) is 0.262. The van der Waals surface area contributed by atoms with Crippen LogP contribution in [0, 0.1) is 0 Å². The Morgan fingerprint density at radius 3 is 2.28 bits per heavy atom. The number of carbonyl (C=O) groups is 1. The molecule has 2 aromatic rings. The standard InChI is InChI=1S/C19H24ClN3O11P2/c1-10-8-34-17-14-11(16(24)12(18(25)26)7-23(10)14)6-13(20)15(17)22-4-2-21(3-5-22)9-19(27,35(28,29)30)36(31,32)33/h6-7,10,27H,2-5,8-9H2,1H3,(H,25,26)(H2,28,29,30)(H2,31,32,33). The van der Waals surface area contributed by atoms with E-state index in [4.69, 9.17) is 16.3 Å². The van der Waals surface area contributed by atoms with E-state index in [2.05, 4.69) is 0 Å². The van der Waals surface area contributed by atoms with Gasteiger partial charge >= 0.3 is 21.2 Å². The highest BCUT2D eigenvalue weighted by Gasteiger charge is 2.60. The van der Waals surface area contributed by atoms with Gasteiger partial charge in [0, 0.05) is 32.4 Å². The molecule has 1 aromatic heterocycles. The van der Waals surface area contributed by atoms with Crippen molar-refractivity contribution in [2.45, 2.75) is 18.0 Å². The molecule has 0 saturated carbocycles. The summed E-state index contributed by atoms with van der Waals surface area (Å²) in [4.78, 5) is 65.1. The van der Waals surface area contributed by atoms with E-state index < -0.39 is 43.8 Å². The molecule has 0 spiro atoms. The van der Waals surface area contributed by atoms with Gasteiger partial charge < -0.3 is 44.0 Å². The van der Waals surface area contributed by atoms with Crippen molar-refractivity contribution in [1.29, 1.82) is 0 Å². The lowest BCUT2D eigenvalue weighted by atomic mass is 10.1. The van der Waals surface area contributed by atoms with Crippen molar-refractivity contribution in [2.75, 3.05) is 44.2 Å². The predicted octanol–water partition coefficient (Wildman–Crippen LogP) is 0.430. The molecular formula is C19H24ClN3O11P2. The van der Waals surface area contributed by atoms with Gasteiger partial charge in [0.2, 0.25) is 5.43 Å². The fourth-order valence-corrected chi connectivity index (χ4v) is 6.88. The number of benzene rings is 1. The van der Waals surface area contributed by atoms with Gasteiger partial charge in [-0.1, -0.05) is 11.6 Å². The minimum atomic E-state index is -5.60. The van der Waals surface area contributed by atoms with Gasteiger partial charge in [0.15, 0.2) is 5.75 Å². The van der Waals surface area contributed by atoms with Gasteiger partial charge in [-0.15, -0.1) is 0 Å². The topological polar surface area (TPSA) is 210 Å². The monoisotopic (exact) mass is 567 g/mol. The molecule has 2 aliphatic heterocycles. The summed E-state index contributed by atoms with van der Waals surface area (Å²) in [5, 5.41) is 16.3. The summed E-state index contributed by atoms with van der Waals surface area (Å²) in [5.41, 5.74) is -0.308. The van der Waals surface area contributed by atoms with Gasteiger partial charge in [-0.2, -0.15) is 0 Å². The lowest BCUT2D eigenvalue weighted by Crippen LogP contribution is -2.52. The molecule has 198 valence electrons. The average Bonchev–Trinajstić information content (AvgIpc) is 2.76. The van der Waals surface area contributed by atoms with Crippen molar-refractivity contribution in [1.82, 2.24) is 9.47 Å². The first kappa shape index (κ1) is 27.1. The van der Waals surface area contributed by atoms with Gasteiger partial charge in [0.05, 0.1) is 28.5 Å². The van der Waals surface area contributed by atoms with Crippen LogP contribution in [-0.2, 0) is 9.13 Å². The van der Waals surface area contributed by atoms with Crippen LogP contribution in [0.3, 0.4) is 0 Å². The molecule has 1 atom stereocenters. The number of aromatic nitrogens is 1. The van der Waals surface area contributed by atoms with E-state index >= 15 is 0 Å². The highest BCUT2D eigenvalue weighted by atomic mass is 35.5. The zero-order chi connectivity index (χ0) is 26.8. The molecule has 36 heavy (non-hydrogen) atoms. The van der Waals surface area contributed by atoms with E-state index in [1.807, 2.05) is 0 Å². The summed E-state index contributed by atoms with van der Waals surface area (Å²) in [7, 11) is -11.2. The maximum absolute atomic E-state index is 12.8. The molecule has 1 aromatic carbocycles. The molecule has 1 fully saturated rings. The van der Waals surface area contributed by atoms with Crippen molar-refractivity contribution in [3.8, 4) is 5.75 Å². The molecule has 6 N–H and O–H groups in total. The molecule has 1 unspecified atom stereocenters. The molecule has 3 heterocycles. The molecule has 4 rings (SSSR count). The molecule has 1 saturated heterocycles. The number of hydrogen-bond acceptors (Lipinski definition) is 8. The van der Waals surface area contributed by atoms with Crippen LogP contribution in [0.1, 0.15) is 23.3 Å². The Labute approximate surface area is 208 Å². The highest BCUT2D eigenvalue weighted by molar-refractivity contribution is 7.72. The molecule has 0 bridgehead atoms. The van der Waals surface area contributed by atoms with Gasteiger partial charge in [-0.05, 0) is 13.0 Å². The summed E-state index contributed by atoms with van der Waals surface area (Å²) < 4.78 is 31.0. The number of rotatable bonds is 6. The number of carboxylic acids is 1. The number of aromatic carboxylic acids is 1. The summed E-state index contributed by atoms with van der Waals surface area (Å²) in [6, 6.07) is 1.09. The van der Waals surface area contributed by atoms with Gasteiger partial charge in [0.1, 0.15) is 17.9 Å². The van der Waals surface area contributed by atoms with Crippen LogP contribution in [0.4, 0.5) is 5.69 Å². The lowest BCUT2D eigenvalue weighted by molar-refractivity contribution is 0.0694. The van der Waals surface area contributed by atoms with Crippen molar-refractivity contribution in [3.63, 3.8) is 0 Å².